The highest BCUT2D eigenvalue weighted by atomic mass is 35.5. The zero-order valence-corrected chi connectivity index (χ0v) is 12.0. The molecule has 1 amide bonds. The molecule has 0 aliphatic heterocycles. The van der Waals surface area contributed by atoms with Crippen LogP contribution >= 0.6 is 34.8 Å². The zero-order chi connectivity index (χ0) is 14.6. The Labute approximate surface area is 124 Å². The van der Waals surface area contributed by atoms with E-state index in [0.29, 0.717) is 0 Å². The van der Waals surface area contributed by atoms with Gasteiger partial charge in [-0.1, -0.05) is 34.8 Å². The maximum absolute atomic E-state index is 11.4. The van der Waals surface area contributed by atoms with E-state index in [1.54, 1.807) is 0 Å². The van der Waals surface area contributed by atoms with Gasteiger partial charge in [0.15, 0.2) is 6.61 Å². The van der Waals surface area contributed by atoms with Crippen LogP contribution < -0.4 is 10.1 Å². The third-order valence-corrected chi connectivity index (χ3v) is 3.10. The Hall–Kier alpha value is -1.17. The molecule has 0 aliphatic carbocycles. The SMILES string of the molecule is C[C@H](NC(=O)COc1cc(Cl)c(Cl)cc1Cl)C(=O)O. The van der Waals surface area contributed by atoms with Crippen LogP contribution in [0.5, 0.6) is 5.75 Å². The fraction of sp³-hybridized carbons (Fsp3) is 0.273. The van der Waals surface area contributed by atoms with Crippen molar-refractivity contribution in [2.45, 2.75) is 13.0 Å². The molecule has 1 atom stereocenters. The Balaban J connectivity index is 2.60. The van der Waals surface area contributed by atoms with E-state index in [1.807, 2.05) is 0 Å². The Morgan fingerprint density at radius 2 is 1.84 bits per heavy atom. The molecule has 1 aromatic rings. The number of carboxylic acid groups (broad SMARTS) is 1. The maximum Gasteiger partial charge on any atom is 0.325 e. The molecule has 0 saturated carbocycles. The third-order valence-electron chi connectivity index (χ3n) is 2.08. The number of halogens is 3. The smallest absolute Gasteiger partial charge is 0.325 e. The van der Waals surface area contributed by atoms with Gasteiger partial charge in [-0.3, -0.25) is 9.59 Å². The molecule has 8 heteroatoms. The van der Waals surface area contributed by atoms with Crippen molar-refractivity contribution in [2.75, 3.05) is 6.61 Å². The topological polar surface area (TPSA) is 75.6 Å². The summed E-state index contributed by atoms with van der Waals surface area (Å²) in [6.07, 6.45) is 0. The molecular weight excluding hydrogens is 316 g/mol. The molecule has 5 nitrogen and oxygen atoms in total. The number of amides is 1. The normalized spacial score (nSPS) is 11.8. The Morgan fingerprint density at radius 1 is 1.26 bits per heavy atom. The number of benzene rings is 1. The molecule has 2 N–H and O–H groups in total. The molecule has 0 spiro atoms. The summed E-state index contributed by atoms with van der Waals surface area (Å²) in [6, 6.07) is 1.76. The van der Waals surface area contributed by atoms with Gasteiger partial charge in [-0.05, 0) is 13.0 Å². The van der Waals surface area contributed by atoms with Gasteiger partial charge < -0.3 is 15.2 Å². The number of hydrogen-bond acceptors (Lipinski definition) is 3. The number of nitrogens with one attached hydrogen (secondary N) is 1. The molecule has 0 aromatic heterocycles. The van der Waals surface area contributed by atoms with Crippen LogP contribution in [-0.4, -0.2) is 29.6 Å². The van der Waals surface area contributed by atoms with Gasteiger partial charge in [0.25, 0.3) is 5.91 Å². The summed E-state index contributed by atoms with van der Waals surface area (Å²) in [5.74, 6) is -1.54. The number of aliphatic carboxylic acids is 1. The number of ether oxygens (including phenoxy) is 1. The van der Waals surface area contributed by atoms with Crippen molar-refractivity contribution in [1.82, 2.24) is 5.32 Å². The van der Waals surface area contributed by atoms with Crippen molar-refractivity contribution < 1.29 is 19.4 Å². The molecule has 0 heterocycles. The number of carbonyl (C=O) groups is 2. The third kappa shape index (κ3) is 4.78. The van der Waals surface area contributed by atoms with Gasteiger partial charge in [-0.25, -0.2) is 0 Å². The fourth-order valence-corrected chi connectivity index (χ4v) is 1.69. The zero-order valence-electron chi connectivity index (χ0n) is 9.75. The van der Waals surface area contributed by atoms with Crippen molar-refractivity contribution in [2.24, 2.45) is 0 Å². The Morgan fingerprint density at radius 3 is 2.42 bits per heavy atom. The lowest BCUT2D eigenvalue weighted by Crippen LogP contribution is -2.40. The molecule has 104 valence electrons. The van der Waals surface area contributed by atoms with Crippen molar-refractivity contribution in [3.63, 3.8) is 0 Å². The summed E-state index contributed by atoms with van der Waals surface area (Å²) in [7, 11) is 0. The first-order valence-electron chi connectivity index (χ1n) is 5.10. The highest BCUT2D eigenvalue weighted by Gasteiger charge is 2.15. The summed E-state index contributed by atoms with van der Waals surface area (Å²) >= 11 is 17.4. The van der Waals surface area contributed by atoms with Crippen molar-refractivity contribution in [3.05, 3.63) is 27.2 Å². The van der Waals surface area contributed by atoms with Crippen LogP contribution in [0.4, 0.5) is 0 Å². The van der Waals surface area contributed by atoms with Crippen LogP contribution in [0.3, 0.4) is 0 Å². The van der Waals surface area contributed by atoms with E-state index in [2.05, 4.69) is 5.32 Å². The quantitative estimate of drug-likeness (QED) is 0.816. The van der Waals surface area contributed by atoms with Crippen LogP contribution in [-0.2, 0) is 9.59 Å². The van der Waals surface area contributed by atoms with Crippen LogP contribution in [0, 0.1) is 0 Å². The summed E-state index contributed by atoms with van der Waals surface area (Å²) in [5.41, 5.74) is 0. The lowest BCUT2D eigenvalue weighted by molar-refractivity contribution is -0.141. The summed E-state index contributed by atoms with van der Waals surface area (Å²) < 4.78 is 5.14. The van der Waals surface area contributed by atoms with E-state index < -0.39 is 17.9 Å². The van der Waals surface area contributed by atoms with Crippen molar-refractivity contribution in [3.8, 4) is 5.75 Å². The van der Waals surface area contributed by atoms with Gasteiger partial charge in [0.2, 0.25) is 0 Å². The van der Waals surface area contributed by atoms with Crippen molar-refractivity contribution in [1.29, 1.82) is 0 Å². The Bertz CT molecular complexity index is 507. The number of carbonyl (C=O) groups excluding carboxylic acids is 1. The second-order valence-electron chi connectivity index (χ2n) is 3.61. The molecule has 0 radical (unpaired) electrons. The summed E-state index contributed by atoms with van der Waals surface area (Å²) in [6.45, 7) is 0.960. The monoisotopic (exact) mass is 325 g/mol. The van der Waals surface area contributed by atoms with Gasteiger partial charge in [0.1, 0.15) is 11.8 Å². The van der Waals surface area contributed by atoms with Crippen LogP contribution in [0.25, 0.3) is 0 Å². The van der Waals surface area contributed by atoms with Gasteiger partial charge in [-0.15, -0.1) is 0 Å². The molecule has 0 unspecified atom stereocenters. The lowest BCUT2D eigenvalue weighted by Gasteiger charge is -2.11. The number of carboxylic acids is 1. The van der Waals surface area contributed by atoms with E-state index in [4.69, 9.17) is 44.6 Å². The molecule has 19 heavy (non-hydrogen) atoms. The predicted molar refractivity (Wildman–Crippen MR) is 72.2 cm³/mol. The largest absolute Gasteiger partial charge is 0.482 e. The molecule has 0 aliphatic rings. The number of hydrogen-bond donors (Lipinski definition) is 2. The average Bonchev–Trinajstić information content (AvgIpc) is 2.32. The average molecular weight is 327 g/mol. The standard InChI is InChI=1S/C11H10Cl3NO4/c1-5(11(17)18)15-10(16)4-19-9-3-7(13)6(12)2-8(9)14/h2-3,5H,4H2,1H3,(H,15,16)(H,17,18)/t5-/m0/s1. The molecule has 1 rings (SSSR count). The fourth-order valence-electron chi connectivity index (χ4n) is 1.10. The predicted octanol–water partition coefficient (Wildman–Crippen LogP) is 2.61. The number of rotatable bonds is 5. The first-order valence-corrected chi connectivity index (χ1v) is 6.24. The van der Waals surface area contributed by atoms with Crippen LogP contribution in [0.1, 0.15) is 6.92 Å². The molecule has 0 bridgehead atoms. The maximum atomic E-state index is 11.4. The summed E-state index contributed by atoms with van der Waals surface area (Å²) in [5, 5.41) is 11.6. The van der Waals surface area contributed by atoms with Gasteiger partial charge in [-0.2, -0.15) is 0 Å². The molecule has 1 aromatic carbocycles. The second kappa shape index (κ2) is 6.84. The van der Waals surface area contributed by atoms with Gasteiger partial charge in [0, 0.05) is 6.07 Å². The highest BCUT2D eigenvalue weighted by molar-refractivity contribution is 6.43. The second-order valence-corrected chi connectivity index (χ2v) is 4.83. The van der Waals surface area contributed by atoms with E-state index in [9.17, 15) is 9.59 Å². The minimum absolute atomic E-state index is 0.189. The first-order chi connectivity index (χ1) is 8.81. The summed E-state index contributed by atoms with van der Waals surface area (Å²) in [4.78, 5) is 21.9. The van der Waals surface area contributed by atoms with E-state index in [0.717, 1.165) is 0 Å². The first kappa shape index (κ1) is 15.9. The minimum atomic E-state index is -1.14. The lowest BCUT2D eigenvalue weighted by atomic mass is 10.3. The molecular formula is C11H10Cl3NO4. The Kier molecular flexibility index (Phi) is 5.72. The van der Waals surface area contributed by atoms with Crippen LogP contribution in [0.15, 0.2) is 12.1 Å². The van der Waals surface area contributed by atoms with E-state index in [-0.39, 0.29) is 27.4 Å². The van der Waals surface area contributed by atoms with Gasteiger partial charge in [0.05, 0.1) is 15.1 Å². The van der Waals surface area contributed by atoms with Crippen molar-refractivity contribution >= 4 is 46.7 Å². The molecule has 0 fully saturated rings. The highest BCUT2D eigenvalue weighted by Crippen LogP contribution is 2.33. The minimum Gasteiger partial charge on any atom is -0.482 e. The van der Waals surface area contributed by atoms with Gasteiger partial charge >= 0.3 is 5.97 Å². The van der Waals surface area contributed by atoms with E-state index in [1.165, 1.54) is 19.1 Å². The molecule has 0 saturated heterocycles. The van der Waals surface area contributed by atoms with E-state index >= 15 is 0 Å². The van der Waals surface area contributed by atoms with Crippen LogP contribution in [0.2, 0.25) is 15.1 Å².